The molecule has 2 rings (SSSR count). The molecular weight excluding hydrogens is 331 g/mol. The first-order chi connectivity index (χ1) is 7.58. The summed E-state index contributed by atoms with van der Waals surface area (Å²) < 4.78 is 1.45. The van der Waals surface area contributed by atoms with Crippen LogP contribution in [0.1, 0.15) is 16.5 Å². The van der Waals surface area contributed by atoms with Crippen molar-refractivity contribution in [1.82, 2.24) is 0 Å². The largest absolute Gasteiger partial charge is 0.383 e. The van der Waals surface area contributed by atoms with E-state index in [0.29, 0.717) is 9.36 Å². The lowest BCUT2D eigenvalue weighted by atomic mass is 10.1. The molecule has 0 fully saturated rings. The fourth-order valence-corrected chi connectivity index (χ4v) is 3.18. The summed E-state index contributed by atoms with van der Waals surface area (Å²) in [5.74, 6) is 0. The molecule has 0 bridgehead atoms. The molecule has 2 aromatic rings. The molecule has 84 valence electrons. The van der Waals surface area contributed by atoms with Crippen LogP contribution in [-0.4, -0.2) is 5.11 Å². The Hall–Kier alpha value is -0.0600. The molecule has 0 aliphatic heterocycles. The van der Waals surface area contributed by atoms with Crippen LogP contribution in [0.15, 0.2) is 34.8 Å². The number of aliphatic hydroxyl groups is 1. The highest BCUT2D eigenvalue weighted by molar-refractivity contribution is 9.10. The Morgan fingerprint density at radius 1 is 1.19 bits per heavy atom. The van der Waals surface area contributed by atoms with Gasteiger partial charge >= 0.3 is 0 Å². The van der Waals surface area contributed by atoms with Gasteiger partial charge in [0.15, 0.2) is 0 Å². The van der Waals surface area contributed by atoms with E-state index in [0.717, 1.165) is 14.9 Å². The van der Waals surface area contributed by atoms with Crippen molar-refractivity contribution >= 4 is 50.5 Å². The third-order valence-electron chi connectivity index (χ3n) is 2.12. The van der Waals surface area contributed by atoms with Crippen LogP contribution in [0.25, 0.3) is 0 Å². The van der Waals surface area contributed by atoms with Crippen molar-refractivity contribution in [1.29, 1.82) is 0 Å². The van der Waals surface area contributed by atoms with Crippen molar-refractivity contribution in [3.05, 3.63) is 54.6 Å². The van der Waals surface area contributed by atoms with Crippen LogP contribution >= 0.6 is 50.5 Å². The van der Waals surface area contributed by atoms with Crippen molar-refractivity contribution in [2.45, 2.75) is 6.10 Å². The average Bonchev–Trinajstić information content (AvgIpc) is 2.59. The number of thiophene rings is 1. The maximum Gasteiger partial charge on any atom is 0.113 e. The summed E-state index contributed by atoms with van der Waals surface area (Å²) in [5.41, 5.74) is 0.801. The zero-order chi connectivity index (χ0) is 11.7. The number of hydrogen-bond acceptors (Lipinski definition) is 2. The van der Waals surface area contributed by atoms with E-state index in [-0.39, 0.29) is 0 Å². The highest BCUT2D eigenvalue weighted by Crippen LogP contribution is 2.37. The van der Waals surface area contributed by atoms with Gasteiger partial charge in [0.05, 0.1) is 0 Å². The van der Waals surface area contributed by atoms with Crippen LogP contribution in [0.2, 0.25) is 9.36 Å². The van der Waals surface area contributed by atoms with Gasteiger partial charge in [-0.1, -0.05) is 35.3 Å². The molecular formula is C11H7BrCl2OS. The lowest BCUT2D eigenvalue weighted by Crippen LogP contribution is -1.96. The molecule has 0 saturated heterocycles. The second kappa shape index (κ2) is 5.07. The first-order valence-electron chi connectivity index (χ1n) is 4.46. The molecule has 5 heteroatoms. The number of hydrogen-bond donors (Lipinski definition) is 1. The van der Waals surface area contributed by atoms with Gasteiger partial charge < -0.3 is 5.11 Å². The molecule has 0 saturated carbocycles. The first-order valence-corrected chi connectivity index (χ1v) is 6.82. The smallest absolute Gasteiger partial charge is 0.113 e. The van der Waals surface area contributed by atoms with Crippen molar-refractivity contribution < 1.29 is 5.11 Å². The maximum atomic E-state index is 10.1. The van der Waals surface area contributed by atoms with E-state index in [1.54, 1.807) is 24.3 Å². The fraction of sp³-hybridized carbons (Fsp3) is 0.0909. The summed E-state index contributed by atoms with van der Waals surface area (Å²) >= 11 is 16.4. The average molecular weight is 338 g/mol. The molecule has 1 nitrogen and oxygen atoms in total. The predicted molar refractivity (Wildman–Crippen MR) is 72.5 cm³/mol. The van der Waals surface area contributed by atoms with Crippen molar-refractivity contribution in [2.75, 3.05) is 0 Å². The summed E-state index contributed by atoms with van der Waals surface area (Å²) in [4.78, 5) is 0.805. The highest BCUT2D eigenvalue weighted by atomic mass is 79.9. The molecule has 1 atom stereocenters. The third kappa shape index (κ3) is 2.60. The normalized spacial score (nSPS) is 12.8. The third-order valence-corrected chi connectivity index (χ3v) is 4.90. The lowest BCUT2D eigenvalue weighted by molar-refractivity contribution is 0.224. The van der Waals surface area contributed by atoms with Gasteiger partial charge in [-0.05, 0) is 39.7 Å². The Kier molecular flexibility index (Phi) is 3.93. The summed E-state index contributed by atoms with van der Waals surface area (Å²) in [6, 6.07) is 8.93. The van der Waals surface area contributed by atoms with Crippen LogP contribution in [-0.2, 0) is 0 Å². The summed E-state index contributed by atoms with van der Waals surface area (Å²) in [6.45, 7) is 0. The maximum absolute atomic E-state index is 10.1. The van der Waals surface area contributed by atoms with E-state index >= 15 is 0 Å². The molecule has 1 heterocycles. The second-order valence-electron chi connectivity index (χ2n) is 3.22. The van der Waals surface area contributed by atoms with E-state index in [4.69, 9.17) is 23.2 Å². The Labute approximate surface area is 116 Å². The molecule has 1 N–H and O–H groups in total. The zero-order valence-corrected chi connectivity index (χ0v) is 11.9. The highest BCUT2D eigenvalue weighted by Gasteiger charge is 2.14. The summed E-state index contributed by atoms with van der Waals surface area (Å²) in [7, 11) is 0. The molecule has 0 radical (unpaired) electrons. The standard InChI is InChI=1S/C11H7BrCl2OS/c12-8-5-9(16-11(8)14)10(15)6-1-3-7(13)4-2-6/h1-5,10,15H. The van der Waals surface area contributed by atoms with Crippen LogP contribution in [0.4, 0.5) is 0 Å². The van der Waals surface area contributed by atoms with Crippen molar-refractivity contribution in [2.24, 2.45) is 0 Å². The zero-order valence-electron chi connectivity index (χ0n) is 7.95. The molecule has 1 aromatic heterocycles. The predicted octanol–water partition coefficient (Wildman–Crippen LogP) is 4.90. The van der Waals surface area contributed by atoms with E-state index in [2.05, 4.69) is 15.9 Å². The number of rotatable bonds is 2. The van der Waals surface area contributed by atoms with Crippen LogP contribution < -0.4 is 0 Å². The number of benzene rings is 1. The van der Waals surface area contributed by atoms with E-state index in [9.17, 15) is 5.11 Å². The SMILES string of the molecule is OC(c1ccc(Cl)cc1)c1cc(Br)c(Cl)s1. The Morgan fingerprint density at radius 3 is 2.31 bits per heavy atom. The molecule has 0 aliphatic carbocycles. The van der Waals surface area contributed by atoms with Crippen LogP contribution in [0.3, 0.4) is 0 Å². The van der Waals surface area contributed by atoms with Crippen LogP contribution in [0.5, 0.6) is 0 Å². The topological polar surface area (TPSA) is 20.2 Å². The van der Waals surface area contributed by atoms with Crippen LogP contribution in [0, 0.1) is 0 Å². The van der Waals surface area contributed by atoms with Crippen molar-refractivity contribution in [3.8, 4) is 0 Å². The Balaban J connectivity index is 2.31. The molecule has 0 spiro atoms. The molecule has 0 aliphatic rings. The van der Waals surface area contributed by atoms with Gasteiger partial charge in [0.25, 0.3) is 0 Å². The monoisotopic (exact) mass is 336 g/mol. The van der Waals surface area contributed by atoms with Crippen molar-refractivity contribution in [3.63, 3.8) is 0 Å². The van der Waals surface area contributed by atoms with Gasteiger partial charge in [-0.3, -0.25) is 0 Å². The first kappa shape index (κ1) is 12.4. The Bertz CT molecular complexity index is 476. The lowest BCUT2D eigenvalue weighted by Gasteiger charge is -2.08. The minimum absolute atomic E-state index is 0.642. The number of halogens is 3. The molecule has 0 amide bonds. The van der Waals surface area contributed by atoms with E-state index in [1.807, 2.05) is 6.07 Å². The summed E-state index contributed by atoms with van der Waals surface area (Å²) in [6.07, 6.45) is -0.661. The fourth-order valence-electron chi connectivity index (χ4n) is 1.31. The van der Waals surface area contributed by atoms with Gasteiger partial charge in [0.2, 0.25) is 0 Å². The van der Waals surface area contributed by atoms with Gasteiger partial charge in [-0.25, -0.2) is 0 Å². The van der Waals surface area contributed by atoms with Gasteiger partial charge in [0.1, 0.15) is 10.4 Å². The van der Waals surface area contributed by atoms with Gasteiger partial charge in [-0.2, -0.15) is 0 Å². The second-order valence-corrected chi connectivity index (χ2v) is 6.20. The molecule has 1 unspecified atom stereocenters. The van der Waals surface area contributed by atoms with Gasteiger partial charge in [-0.15, -0.1) is 11.3 Å². The van der Waals surface area contributed by atoms with E-state index in [1.165, 1.54) is 11.3 Å². The molecule has 16 heavy (non-hydrogen) atoms. The number of aliphatic hydroxyl groups excluding tert-OH is 1. The minimum Gasteiger partial charge on any atom is -0.383 e. The molecule has 1 aromatic carbocycles. The van der Waals surface area contributed by atoms with Gasteiger partial charge in [0, 0.05) is 14.4 Å². The van der Waals surface area contributed by atoms with E-state index < -0.39 is 6.10 Å². The minimum atomic E-state index is -0.661. The Morgan fingerprint density at radius 2 is 1.81 bits per heavy atom. The summed E-state index contributed by atoms with van der Waals surface area (Å²) in [5, 5.41) is 10.8. The quantitative estimate of drug-likeness (QED) is 0.826.